The van der Waals surface area contributed by atoms with Crippen LogP contribution in [0, 0.1) is 0 Å². The molecular formula is C44H79O11P. The molecule has 326 valence electrons. The number of phosphoric ester groups is 1. The van der Waals surface area contributed by atoms with E-state index in [1.807, 2.05) is 12.2 Å². The van der Waals surface area contributed by atoms with Crippen LogP contribution >= 0.6 is 7.82 Å². The Morgan fingerprint density at radius 2 is 1.00 bits per heavy atom. The quantitative estimate of drug-likeness (QED) is 0.0201. The molecule has 1 unspecified atom stereocenters. The van der Waals surface area contributed by atoms with Crippen LogP contribution in [0.4, 0.5) is 0 Å². The number of hydrogen-bond acceptors (Lipinski definition) is 10. The molecule has 0 aliphatic rings. The summed E-state index contributed by atoms with van der Waals surface area (Å²) in [6.45, 7) is 0.323. The number of rotatable bonds is 41. The number of hydrogen-bond donors (Lipinski definition) is 4. The number of aliphatic hydroxyl groups excluding tert-OH is 3. The van der Waals surface area contributed by atoms with E-state index >= 15 is 0 Å². The Balaban J connectivity index is 4.38. The van der Waals surface area contributed by atoms with Gasteiger partial charge in [0.2, 0.25) is 0 Å². The van der Waals surface area contributed by atoms with E-state index in [1.165, 1.54) is 70.6 Å². The summed E-state index contributed by atoms with van der Waals surface area (Å²) in [7, 11) is -4.64. The first-order valence-electron chi connectivity index (χ1n) is 21.7. The van der Waals surface area contributed by atoms with Crippen molar-refractivity contribution >= 4 is 19.8 Å². The SMILES string of the molecule is CCCCCCCCCCCCCCCCCC(=O)OC[C@H](COP(=O)(O)OC[C@@H](O)CO)OC(=O)CCC/C=C\C/C=C\C/C=C\C/C=C\CCCCCO. The van der Waals surface area contributed by atoms with Gasteiger partial charge < -0.3 is 29.7 Å². The van der Waals surface area contributed by atoms with Gasteiger partial charge in [-0.05, 0) is 57.8 Å². The molecule has 0 aliphatic carbocycles. The third-order valence-corrected chi connectivity index (χ3v) is 9.99. The fourth-order valence-corrected chi connectivity index (χ4v) is 6.46. The Morgan fingerprint density at radius 1 is 0.554 bits per heavy atom. The molecule has 0 aliphatic heterocycles. The fourth-order valence-electron chi connectivity index (χ4n) is 5.67. The molecule has 0 heterocycles. The lowest BCUT2D eigenvalue weighted by molar-refractivity contribution is -0.161. The van der Waals surface area contributed by atoms with Gasteiger partial charge >= 0.3 is 19.8 Å². The maximum absolute atomic E-state index is 12.6. The second-order valence-electron chi connectivity index (χ2n) is 14.4. The van der Waals surface area contributed by atoms with E-state index in [-0.39, 0.29) is 26.1 Å². The molecule has 0 saturated carbocycles. The minimum atomic E-state index is -4.64. The molecule has 0 aromatic rings. The number of phosphoric acid groups is 1. The number of allylic oxidation sites excluding steroid dienone is 8. The zero-order valence-corrected chi connectivity index (χ0v) is 35.7. The van der Waals surface area contributed by atoms with Gasteiger partial charge in [0.1, 0.15) is 12.7 Å². The Bertz CT molecular complexity index is 1080. The number of carbonyl (C=O) groups is 2. The van der Waals surface area contributed by atoms with E-state index in [2.05, 4.69) is 47.9 Å². The molecule has 0 radical (unpaired) electrons. The molecule has 0 bridgehead atoms. The predicted molar refractivity (Wildman–Crippen MR) is 225 cm³/mol. The average molecular weight is 815 g/mol. The van der Waals surface area contributed by atoms with Crippen LogP contribution in [0.5, 0.6) is 0 Å². The second kappa shape index (κ2) is 41.1. The molecule has 56 heavy (non-hydrogen) atoms. The lowest BCUT2D eigenvalue weighted by Gasteiger charge is -2.20. The van der Waals surface area contributed by atoms with E-state index in [9.17, 15) is 24.2 Å². The van der Waals surface area contributed by atoms with Crippen molar-refractivity contribution in [1.82, 2.24) is 0 Å². The molecule has 3 atom stereocenters. The normalized spacial score (nSPS) is 14.3. The summed E-state index contributed by atoms with van der Waals surface area (Å²) in [6.07, 6.45) is 40.9. The smallest absolute Gasteiger partial charge is 0.462 e. The molecule has 0 fully saturated rings. The number of carbonyl (C=O) groups excluding carboxylic acids is 2. The van der Waals surface area contributed by atoms with Crippen LogP contribution in [0.1, 0.15) is 174 Å². The van der Waals surface area contributed by atoms with Gasteiger partial charge in [-0.25, -0.2) is 4.57 Å². The molecule has 0 spiro atoms. The average Bonchev–Trinajstić information content (AvgIpc) is 3.19. The highest BCUT2D eigenvalue weighted by Crippen LogP contribution is 2.43. The molecule has 0 saturated heterocycles. The van der Waals surface area contributed by atoms with E-state index in [0.717, 1.165) is 64.2 Å². The van der Waals surface area contributed by atoms with E-state index in [1.54, 1.807) is 0 Å². The lowest BCUT2D eigenvalue weighted by Crippen LogP contribution is -2.29. The molecule has 0 aromatic heterocycles. The van der Waals surface area contributed by atoms with Crippen molar-refractivity contribution in [2.45, 2.75) is 186 Å². The monoisotopic (exact) mass is 815 g/mol. The predicted octanol–water partition coefficient (Wildman–Crippen LogP) is 10.3. The van der Waals surface area contributed by atoms with Crippen LogP contribution in [0.25, 0.3) is 0 Å². The van der Waals surface area contributed by atoms with Crippen molar-refractivity contribution < 1.29 is 52.9 Å². The zero-order valence-electron chi connectivity index (χ0n) is 34.8. The Labute approximate surface area is 339 Å². The topological polar surface area (TPSA) is 169 Å². The molecular weight excluding hydrogens is 735 g/mol. The maximum atomic E-state index is 12.6. The molecule has 4 N–H and O–H groups in total. The number of esters is 2. The van der Waals surface area contributed by atoms with E-state index in [0.29, 0.717) is 19.3 Å². The summed E-state index contributed by atoms with van der Waals surface area (Å²) in [4.78, 5) is 34.9. The highest BCUT2D eigenvalue weighted by atomic mass is 31.2. The summed E-state index contributed by atoms with van der Waals surface area (Å²) in [6, 6.07) is 0. The summed E-state index contributed by atoms with van der Waals surface area (Å²) in [5.41, 5.74) is 0. The molecule has 0 rings (SSSR count). The van der Waals surface area contributed by atoms with Gasteiger partial charge in [-0.1, -0.05) is 152 Å². The first kappa shape index (κ1) is 53.9. The van der Waals surface area contributed by atoms with Crippen LogP contribution in [-0.2, 0) is 32.7 Å². The summed E-state index contributed by atoms with van der Waals surface area (Å²) >= 11 is 0. The van der Waals surface area contributed by atoms with Gasteiger partial charge in [0.25, 0.3) is 0 Å². The number of unbranched alkanes of at least 4 members (excludes halogenated alkanes) is 18. The first-order valence-corrected chi connectivity index (χ1v) is 23.2. The highest BCUT2D eigenvalue weighted by Gasteiger charge is 2.27. The van der Waals surface area contributed by atoms with Crippen LogP contribution < -0.4 is 0 Å². The molecule has 11 nitrogen and oxygen atoms in total. The Morgan fingerprint density at radius 3 is 1.52 bits per heavy atom. The van der Waals surface area contributed by atoms with Gasteiger partial charge in [0.15, 0.2) is 6.10 Å². The minimum Gasteiger partial charge on any atom is -0.462 e. The van der Waals surface area contributed by atoms with Gasteiger partial charge in [0.05, 0.1) is 19.8 Å². The van der Waals surface area contributed by atoms with Crippen LogP contribution in [0.3, 0.4) is 0 Å². The Hall–Kier alpha value is -2.11. The van der Waals surface area contributed by atoms with E-state index in [4.69, 9.17) is 24.2 Å². The Kier molecular flexibility index (Phi) is 39.5. The van der Waals surface area contributed by atoms with Gasteiger partial charge in [0, 0.05) is 19.4 Å². The van der Waals surface area contributed by atoms with Crippen molar-refractivity contribution in [3.05, 3.63) is 48.6 Å². The van der Waals surface area contributed by atoms with Crippen LogP contribution in [-0.4, -0.2) is 77.4 Å². The van der Waals surface area contributed by atoms with Crippen molar-refractivity contribution in [1.29, 1.82) is 0 Å². The number of ether oxygens (including phenoxy) is 2. The standard InChI is InChI=1S/C44H79O11P/c1-2-3-4-5-6-7-8-9-13-16-19-22-25-28-31-34-43(48)52-39-42(40-54-56(50,51)53-38-41(47)37-46)55-44(49)35-32-29-26-23-20-17-14-11-10-12-15-18-21-24-27-30-33-36-45/h10,12,14,17-18,21,23,26,41-42,45-47H,2-9,11,13,15-16,19-20,22,24-25,27-40H2,1H3,(H,50,51)/b12-10-,17-14-,21-18-,26-23-/t41-,42+/m0/s1. The van der Waals surface area contributed by atoms with Crippen molar-refractivity contribution in [2.24, 2.45) is 0 Å². The van der Waals surface area contributed by atoms with Gasteiger partial charge in [-0.2, -0.15) is 0 Å². The van der Waals surface area contributed by atoms with Crippen molar-refractivity contribution in [3.63, 3.8) is 0 Å². The first-order chi connectivity index (χ1) is 27.2. The molecule has 0 aromatic carbocycles. The van der Waals surface area contributed by atoms with Gasteiger partial charge in [-0.15, -0.1) is 0 Å². The zero-order chi connectivity index (χ0) is 41.2. The molecule has 0 amide bonds. The maximum Gasteiger partial charge on any atom is 0.472 e. The fraction of sp³-hybridized carbons (Fsp3) is 0.773. The summed E-state index contributed by atoms with van der Waals surface area (Å²) < 4.78 is 32.6. The number of aliphatic hydroxyl groups is 3. The van der Waals surface area contributed by atoms with Crippen molar-refractivity contribution in [2.75, 3.05) is 33.0 Å². The summed E-state index contributed by atoms with van der Waals surface area (Å²) in [5, 5.41) is 27.1. The molecule has 12 heteroatoms. The minimum absolute atomic E-state index is 0.0988. The van der Waals surface area contributed by atoms with E-state index < -0.39 is 51.8 Å². The lowest BCUT2D eigenvalue weighted by atomic mass is 10.0. The van der Waals surface area contributed by atoms with Crippen LogP contribution in [0.15, 0.2) is 48.6 Å². The van der Waals surface area contributed by atoms with Crippen molar-refractivity contribution in [3.8, 4) is 0 Å². The summed E-state index contributed by atoms with van der Waals surface area (Å²) in [5.74, 6) is -1.00. The highest BCUT2D eigenvalue weighted by molar-refractivity contribution is 7.47. The van der Waals surface area contributed by atoms with Gasteiger partial charge in [-0.3, -0.25) is 18.6 Å². The second-order valence-corrected chi connectivity index (χ2v) is 15.9. The third kappa shape index (κ3) is 40.1. The third-order valence-electron chi connectivity index (χ3n) is 9.04. The van der Waals surface area contributed by atoms with Crippen LogP contribution in [0.2, 0.25) is 0 Å². The largest absolute Gasteiger partial charge is 0.472 e.